The van der Waals surface area contributed by atoms with Crippen LogP contribution in [0.3, 0.4) is 0 Å². The summed E-state index contributed by atoms with van der Waals surface area (Å²) < 4.78 is 10.6. The number of esters is 1. The molecule has 0 saturated heterocycles. The van der Waals surface area contributed by atoms with Crippen LogP contribution in [-0.2, 0) is 16.1 Å². The molecule has 2 aliphatic rings. The fourth-order valence-electron chi connectivity index (χ4n) is 3.43. The maximum atomic E-state index is 12.3. The first-order valence-corrected chi connectivity index (χ1v) is 7.17. The van der Waals surface area contributed by atoms with Crippen LogP contribution in [0.15, 0.2) is 36.4 Å². The molecule has 1 aromatic rings. The van der Waals surface area contributed by atoms with Gasteiger partial charge in [0.15, 0.2) is 0 Å². The summed E-state index contributed by atoms with van der Waals surface area (Å²) in [6, 6.07) is 7.62. The summed E-state index contributed by atoms with van der Waals surface area (Å²) in [7, 11) is 1.64. The lowest BCUT2D eigenvalue weighted by atomic mass is 9.84. The number of hydrogen-bond donors (Lipinski definition) is 0. The van der Waals surface area contributed by atoms with Gasteiger partial charge in [0.1, 0.15) is 12.4 Å². The number of fused-ring (bicyclic) bond motifs is 2. The minimum Gasteiger partial charge on any atom is -0.497 e. The minimum absolute atomic E-state index is 0.0447. The van der Waals surface area contributed by atoms with Gasteiger partial charge in [0, 0.05) is 0 Å². The molecule has 3 nitrogen and oxygen atoms in total. The first-order chi connectivity index (χ1) is 9.69. The van der Waals surface area contributed by atoms with Crippen LogP contribution < -0.4 is 4.74 Å². The summed E-state index contributed by atoms with van der Waals surface area (Å²) in [5, 5.41) is 0. The van der Waals surface area contributed by atoms with Crippen molar-refractivity contribution in [3.05, 3.63) is 42.0 Å². The molecular weight excluding hydrogens is 252 g/mol. The van der Waals surface area contributed by atoms with E-state index in [0.717, 1.165) is 17.7 Å². The van der Waals surface area contributed by atoms with E-state index in [1.165, 1.54) is 0 Å². The molecule has 2 bridgehead atoms. The van der Waals surface area contributed by atoms with Gasteiger partial charge in [-0.2, -0.15) is 0 Å². The second kappa shape index (κ2) is 5.31. The van der Waals surface area contributed by atoms with E-state index in [1.807, 2.05) is 24.3 Å². The van der Waals surface area contributed by atoms with Gasteiger partial charge in [-0.25, -0.2) is 0 Å². The van der Waals surface area contributed by atoms with Gasteiger partial charge >= 0.3 is 5.97 Å². The van der Waals surface area contributed by atoms with E-state index in [2.05, 4.69) is 19.1 Å². The number of ether oxygens (including phenoxy) is 2. The molecule has 0 spiro atoms. The van der Waals surface area contributed by atoms with E-state index in [4.69, 9.17) is 9.47 Å². The smallest absolute Gasteiger partial charge is 0.310 e. The average molecular weight is 272 g/mol. The summed E-state index contributed by atoms with van der Waals surface area (Å²) in [6.45, 7) is 2.50. The normalized spacial score (nSPS) is 30.5. The van der Waals surface area contributed by atoms with Gasteiger partial charge in [-0.3, -0.25) is 4.79 Å². The minimum atomic E-state index is -0.0508. The zero-order valence-corrected chi connectivity index (χ0v) is 11.9. The lowest BCUT2D eigenvalue weighted by molar-refractivity contribution is -0.152. The Balaban J connectivity index is 1.58. The maximum absolute atomic E-state index is 12.3. The Labute approximate surface area is 119 Å². The molecule has 1 saturated carbocycles. The van der Waals surface area contributed by atoms with E-state index in [0.29, 0.717) is 24.4 Å². The lowest BCUT2D eigenvalue weighted by Gasteiger charge is -2.22. The molecule has 0 aromatic heterocycles. The van der Waals surface area contributed by atoms with Crippen LogP contribution in [0.5, 0.6) is 5.75 Å². The highest BCUT2D eigenvalue weighted by Crippen LogP contribution is 2.48. The molecule has 20 heavy (non-hydrogen) atoms. The highest BCUT2D eigenvalue weighted by molar-refractivity contribution is 5.74. The summed E-state index contributed by atoms with van der Waals surface area (Å²) in [6.07, 6.45) is 5.55. The van der Waals surface area contributed by atoms with Crippen LogP contribution in [0.2, 0.25) is 0 Å². The van der Waals surface area contributed by atoms with E-state index in [1.54, 1.807) is 7.11 Å². The van der Waals surface area contributed by atoms with Crippen molar-refractivity contribution in [2.24, 2.45) is 23.7 Å². The van der Waals surface area contributed by atoms with Gasteiger partial charge < -0.3 is 9.47 Å². The second-order valence-corrected chi connectivity index (χ2v) is 5.79. The molecule has 106 valence electrons. The van der Waals surface area contributed by atoms with Crippen molar-refractivity contribution < 1.29 is 14.3 Å². The highest BCUT2D eigenvalue weighted by atomic mass is 16.5. The van der Waals surface area contributed by atoms with Gasteiger partial charge in [0.2, 0.25) is 0 Å². The van der Waals surface area contributed by atoms with Gasteiger partial charge in [0.25, 0.3) is 0 Å². The lowest BCUT2D eigenvalue weighted by Crippen LogP contribution is -2.27. The number of benzene rings is 1. The van der Waals surface area contributed by atoms with E-state index >= 15 is 0 Å². The molecule has 1 fully saturated rings. The van der Waals surface area contributed by atoms with Crippen LogP contribution in [0.4, 0.5) is 0 Å². The number of carbonyl (C=O) groups excluding carboxylic acids is 1. The Morgan fingerprint density at radius 2 is 1.90 bits per heavy atom. The van der Waals surface area contributed by atoms with Crippen LogP contribution in [-0.4, -0.2) is 13.1 Å². The zero-order valence-electron chi connectivity index (χ0n) is 11.9. The molecule has 0 aliphatic heterocycles. The van der Waals surface area contributed by atoms with Crippen LogP contribution in [0, 0.1) is 23.7 Å². The first kappa shape index (κ1) is 13.2. The predicted molar refractivity (Wildman–Crippen MR) is 76.2 cm³/mol. The van der Waals surface area contributed by atoms with Crippen molar-refractivity contribution in [1.29, 1.82) is 0 Å². The molecule has 2 aliphatic carbocycles. The van der Waals surface area contributed by atoms with Crippen LogP contribution >= 0.6 is 0 Å². The quantitative estimate of drug-likeness (QED) is 0.623. The first-order valence-electron chi connectivity index (χ1n) is 7.17. The maximum Gasteiger partial charge on any atom is 0.310 e. The molecule has 0 radical (unpaired) electrons. The summed E-state index contributed by atoms with van der Waals surface area (Å²) in [4.78, 5) is 12.3. The van der Waals surface area contributed by atoms with Crippen LogP contribution in [0.25, 0.3) is 0 Å². The van der Waals surface area contributed by atoms with E-state index in [9.17, 15) is 4.79 Å². The third kappa shape index (κ3) is 2.33. The largest absolute Gasteiger partial charge is 0.497 e. The van der Waals surface area contributed by atoms with Gasteiger partial charge in [-0.1, -0.05) is 31.2 Å². The summed E-state index contributed by atoms with van der Waals surface area (Å²) in [5.74, 6) is 2.17. The third-order valence-corrected chi connectivity index (χ3v) is 4.67. The van der Waals surface area contributed by atoms with Gasteiger partial charge in [-0.05, 0) is 41.9 Å². The highest BCUT2D eigenvalue weighted by Gasteiger charge is 2.46. The summed E-state index contributed by atoms with van der Waals surface area (Å²) in [5.41, 5.74) is 0.991. The standard InChI is InChI=1S/C17H20O3/c1-11-13-5-6-14(9-13)16(11)17(18)20-10-12-3-7-15(19-2)8-4-12/h3-8,11,13-14,16H,9-10H2,1-2H3/t11-,13?,14?,16+/m1/s1. The number of allylic oxidation sites excluding steroid dienone is 2. The fraction of sp³-hybridized carbons (Fsp3) is 0.471. The molecule has 0 heterocycles. The fourth-order valence-corrected chi connectivity index (χ4v) is 3.43. The van der Waals surface area contributed by atoms with Gasteiger partial charge in [0.05, 0.1) is 13.0 Å². The van der Waals surface area contributed by atoms with Crippen molar-refractivity contribution >= 4 is 5.97 Å². The molecule has 0 amide bonds. The van der Waals surface area contributed by atoms with E-state index in [-0.39, 0.29) is 11.9 Å². The number of carbonyl (C=O) groups is 1. The predicted octanol–water partition coefficient (Wildman–Crippen LogP) is 3.20. The topological polar surface area (TPSA) is 35.5 Å². The summed E-state index contributed by atoms with van der Waals surface area (Å²) >= 11 is 0. The molecule has 1 aromatic carbocycles. The van der Waals surface area contributed by atoms with Gasteiger partial charge in [-0.15, -0.1) is 0 Å². The molecule has 4 atom stereocenters. The third-order valence-electron chi connectivity index (χ3n) is 4.67. The van der Waals surface area contributed by atoms with Crippen molar-refractivity contribution in [3.63, 3.8) is 0 Å². The van der Waals surface area contributed by atoms with Crippen molar-refractivity contribution in [1.82, 2.24) is 0 Å². The molecule has 3 rings (SSSR count). The SMILES string of the molecule is COc1ccc(COC(=O)[C@@H]2C3C=CC(C3)[C@H]2C)cc1. The van der Waals surface area contributed by atoms with Crippen molar-refractivity contribution in [2.75, 3.05) is 7.11 Å². The Bertz CT molecular complexity index is 518. The molecular formula is C17H20O3. The molecule has 0 N–H and O–H groups in total. The van der Waals surface area contributed by atoms with Crippen molar-refractivity contribution in [3.8, 4) is 5.75 Å². The second-order valence-electron chi connectivity index (χ2n) is 5.79. The Kier molecular flexibility index (Phi) is 3.51. The Morgan fingerprint density at radius 1 is 1.20 bits per heavy atom. The van der Waals surface area contributed by atoms with Crippen LogP contribution in [0.1, 0.15) is 18.9 Å². The zero-order chi connectivity index (χ0) is 14.1. The molecule has 3 heteroatoms. The average Bonchev–Trinajstić information content (AvgIpc) is 3.06. The van der Waals surface area contributed by atoms with E-state index < -0.39 is 0 Å². The number of hydrogen-bond acceptors (Lipinski definition) is 3. The van der Waals surface area contributed by atoms with Crippen molar-refractivity contribution in [2.45, 2.75) is 20.0 Å². The monoisotopic (exact) mass is 272 g/mol. The number of rotatable bonds is 4. The Morgan fingerprint density at radius 3 is 2.50 bits per heavy atom. The Hall–Kier alpha value is -1.77. The number of methoxy groups -OCH3 is 1. The molecule has 2 unspecified atom stereocenters.